The number of aromatic nitrogens is 16. The average molecular weight is 1820 g/mol. The molecule has 4 aliphatic heterocycles. The number of alkyl halides is 3. The van der Waals surface area contributed by atoms with Crippen LogP contribution in [0.15, 0.2) is 196 Å². The maximum absolute atomic E-state index is 13.3. The van der Waals surface area contributed by atoms with Crippen molar-refractivity contribution in [2.24, 2.45) is 23.7 Å². The molecule has 16 rings (SSSR count). The number of carbonyl (C=O) groups is 4. The second kappa shape index (κ2) is 40.7. The molecule has 4 N–H and O–H groups in total. The minimum Gasteiger partial charge on any atom is -0.346 e. The van der Waals surface area contributed by atoms with Crippen molar-refractivity contribution in [2.75, 3.05) is 68.0 Å². The van der Waals surface area contributed by atoms with Crippen molar-refractivity contribution in [3.05, 3.63) is 240 Å². The zero-order chi connectivity index (χ0) is 96.1. The molecule has 0 saturated carbocycles. The molecule has 7 amide bonds. The molecule has 12 aromatic rings. The van der Waals surface area contributed by atoms with Crippen molar-refractivity contribution in [3.63, 3.8) is 0 Å². The summed E-state index contributed by atoms with van der Waals surface area (Å²) in [4.78, 5) is 116. The number of amides is 7. The minimum absolute atomic E-state index is 0.0442. The van der Waals surface area contributed by atoms with Crippen LogP contribution >= 0.6 is 34.8 Å². The first kappa shape index (κ1) is 88.2. The molecule has 129 heavy (non-hydrogen) atoms. The summed E-state index contributed by atoms with van der Waals surface area (Å²) in [6, 6.07) is 32.0. The highest BCUT2D eigenvalue weighted by atomic mass is 35.5. The van der Waals surface area contributed by atoms with Crippen LogP contribution in [0.2, 0.25) is 15.1 Å². The smallest absolute Gasteiger partial charge is 0.346 e. The van der Waals surface area contributed by atoms with Gasteiger partial charge in [0.1, 0.15) is 23.3 Å². The maximum atomic E-state index is 13.3. The zero-order valence-corrected chi connectivity index (χ0v) is 76.9. The molecule has 0 bridgehead atoms. The first-order chi connectivity index (χ1) is 62.9. The van der Waals surface area contributed by atoms with Crippen molar-refractivity contribution in [3.8, 4) is 22.7 Å². The molecule has 0 spiro atoms. The van der Waals surface area contributed by atoms with Crippen LogP contribution in [0, 0.1) is 23.7 Å². The first-order valence-electron chi connectivity index (χ1n) is 44.5. The second-order valence-electron chi connectivity index (χ2n) is 33.3. The molecule has 4 saturated heterocycles. The number of nitrogens with one attached hydrogen (secondary N) is 4. The number of likely N-dealkylation sites (N-methyl/N-ethyl adjacent to an activating group) is 3. The van der Waals surface area contributed by atoms with Crippen molar-refractivity contribution in [1.29, 1.82) is 0 Å². The molecule has 0 unspecified atom stereocenters. The third-order valence-corrected chi connectivity index (χ3v) is 23.7. The third-order valence-electron chi connectivity index (χ3n) is 23.0. The molecule has 8 aromatic heterocycles. The van der Waals surface area contributed by atoms with E-state index in [1.54, 1.807) is 123 Å². The average Bonchev–Trinajstić information content (AvgIpc) is 1.57. The Balaban J connectivity index is 0.000000151. The van der Waals surface area contributed by atoms with Crippen molar-refractivity contribution < 1.29 is 37.8 Å². The zero-order valence-electron chi connectivity index (χ0n) is 78.7. The number of carbonyl (C=O) groups excluding carboxylic acids is 4. The van der Waals surface area contributed by atoms with Gasteiger partial charge in [-0.3, -0.25) is 24.4 Å². The lowest BCUT2D eigenvalue weighted by atomic mass is 9.97. The third kappa shape index (κ3) is 21.8. The summed E-state index contributed by atoms with van der Waals surface area (Å²) >= 11 is 17.9. The fraction of sp³-hybridized carbons (Fsp3) is 0.391. The summed E-state index contributed by atoms with van der Waals surface area (Å²) in [5.74, 6) is 4.10. The summed E-state index contributed by atoms with van der Waals surface area (Å²) in [5, 5.41) is 15.0. The molecule has 0 radical (unpaired) electrons. The highest BCUT2D eigenvalue weighted by Crippen LogP contribution is 2.38. The molecule has 12 heterocycles. The second-order valence-corrected chi connectivity index (χ2v) is 34.6. The van der Waals surface area contributed by atoms with Gasteiger partial charge in [-0.2, -0.15) is 33.1 Å². The molecular formula is C92H109Cl3F3N27O4. The van der Waals surface area contributed by atoms with E-state index in [9.17, 15) is 32.3 Å². The molecule has 0 aliphatic carbocycles. The van der Waals surface area contributed by atoms with Gasteiger partial charge in [-0.1, -0.05) is 90.2 Å². The number of halogens is 6. The van der Waals surface area contributed by atoms with Gasteiger partial charge in [0.15, 0.2) is 0 Å². The van der Waals surface area contributed by atoms with Gasteiger partial charge in [0.05, 0.1) is 111 Å². The van der Waals surface area contributed by atoms with Gasteiger partial charge >= 0.3 is 24.3 Å². The monoisotopic (exact) mass is 1820 g/mol. The van der Waals surface area contributed by atoms with Gasteiger partial charge in [-0.15, -0.1) is 0 Å². The van der Waals surface area contributed by atoms with E-state index in [1.807, 2.05) is 135 Å². The summed E-state index contributed by atoms with van der Waals surface area (Å²) in [7, 11) is 3.67. The number of anilines is 8. The standard InChI is InChI=1S/3C23H28ClN7O.C23H25F3N6O/c2*1-14(2)21-16(4)29(5)23(32)31(21)20-10-11-25-22(28-20)27-15(3)19-12-30(13-26-19)18-8-6-17(24)7-9-18;1-5-29-13-20(15(2)3)31(23(29)32)21-10-11-25-22(28-21)27-16(4)19-12-30(14-26-19)18-8-6-17(24)7-9-18;1-14(2)19-8-9-21(33)32(19)20-10-11-27-22(30-20)29-15(3)18-12-31(13-28-18)17-6-4-16(5-7-17)23(24,25)26/h2*6-16,21H,1-5H3,(H,25,27,28);6-12,14-16,20H,5,13H2,1-4H3,(H,25,27,28);4-7,10-15,19H,8-9H2,1-3H3,(H,27,29,30)/t15-,16+,21-;15-,16-,21-;16-,20+;15-,19+/m0000/s1/i;;5D2,13D2;. The van der Waals surface area contributed by atoms with E-state index in [-0.39, 0.29) is 90.0 Å². The predicted octanol–water partition coefficient (Wildman–Crippen LogP) is 19.3. The Hall–Kier alpha value is -12.8. The van der Waals surface area contributed by atoms with Gasteiger partial charge in [-0.25, -0.2) is 54.3 Å². The number of hydrogen-bond donors (Lipinski definition) is 4. The highest BCUT2D eigenvalue weighted by Gasteiger charge is 2.47. The number of imidazole rings is 4. The topological polar surface area (TPSA) is 313 Å². The van der Waals surface area contributed by atoms with Gasteiger partial charge in [0, 0.05) is 130 Å². The summed E-state index contributed by atoms with van der Waals surface area (Å²) in [6.45, 7) is 24.9. The Morgan fingerprint density at radius 2 is 0.705 bits per heavy atom. The molecule has 31 nitrogen and oxygen atoms in total. The SMILES string of the molecule is CC(C)[C@H]1CCC(=O)N1c1ccnc(N[C@@H](C)c2cn(-c3ccc(C(F)(F)F)cc3)cn2)n1.CC(C)[C@H]1[C@@H](C)N(C)C(=O)N1c1ccnc(N[C@@H](C)c2cn(-c3ccc(Cl)cc3)cn2)n1.CC(C)[C@H]1[C@H](C)N(C)C(=O)N1c1ccnc(N[C@@H](C)c2cn(-c3ccc(Cl)cc3)cn2)n1.[2H]C([2H])(C)N1C(=O)N(c2ccnc(N[C@@H](C)c3cn(-c4ccc(Cl)cc4)cn3)n2)[C@@H](C(C)C)C1([2H])[2H]. The van der Waals surface area contributed by atoms with Gasteiger partial charge in [0.2, 0.25) is 29.7 Å². The van der Waals surface area contributed by atoms with Crippen LogP contribution in [0.3, 0.4) is 0 Å². The van der Waals surface area contributed by atoms with E-state index in [2.05, 4.69) is 136 Å². The Morgan fingerprint density at radius 3 is 0.992 bits per heavy atom. The molecule has 10 atom stereocenters. The fourth-order valence-corrected chi connectivity index (χ4v) is 16.1. The van der Waals surface area contributed by atoms with Crippen LogP contribution in [-0.2, 0) is 11.0 Å². The van der Waals surface area contributed by atoms with Crippen LogP contribution in [0.5, 0.6) is 0 Å². The molecule has 37 heteroatoms. The number of nitrogens with zero attached hydrogens (tertiary/aromatic N) is 23. The van der Waals surface area contributed by atoms with Gasteiger partial charge < -0.3 is 54.2 Å². The van der Waals surface area contributed by atoms with E-state index < -0.39 is 36.8 Å². The first-order valence-corrected chi connectivity index (χ1v) is 43.7. The van der Waals surface area contributed by atoms with E-state index in [0.29, 0.717) is 90.8 Å². The predicted molar refractivity (Wildman–Crippen MR) is 497 cm³/mol. The van der Waals surface area contributed by atoms with Crippen LogP contribution < -0.4 is 40.9 Å². The van der Waals surface area contributed by atoms with Crippen LogP contribution in [0.1, 0.15) is 175 Å². The van der Waals surface area contributed by atoms with Gasteiger partial charge in [-0.05, 0) is 200 Å². The van der Waals surface area contributed by atoms with Crippen LogP contribution in [0.4, 0.5) is 74.6 Å². The Bertz CT molecular complexity index is 5850. The molecule has 678 valence electrons. The molecule has 4 aromatic carbocycles. The van der Waals surface area contributed by atoms with Crippen LogP contribution in [-0.4, -0.2) is 180 Å². The van der Waals surface area contributed by atoms with E-state index >= 15 is 0 Å². The highest BCUT2D eigenvalue weighted by molar-refractivity contribution is 6.31. The number of benzene rings is 4. The van der Waals surface area contributed by atoms with Crippen molar-refractivity contribution in [1.82, 2.24) is 92.8 Å². The van der Waals surface area contributed by atoms with Crippen molar-refractivity contribution >= 4 is 106 Å². The molecule has 4 aliphatic rings. The van der Waals surface area contributed by atoms with E-state index in [0.717, 1.165) is 52.7 Å². The molecular weight excluding hydrogens is 1710 g/mol. The quantitative estimate of drug-likeness (QED) is 0.0413. The maximum Gasteiger partial charge on any atom is 0.416 e. The lowest BCUT2D eigenvalue weighted by Crippen LogP contribution is -2.40. The Labute approximate surface area is 769 Å². The number of hydrogen-bond acceptors (Lipinski definition) is 20. The normalized spacial score (nSPS) is 19.5. The Kier molecular flexibility index (Phi) is 27.8. The molecule has 4 fully saturated rings. The fourth-order valence-electron chi connectivity index (χ4n) is 15.8. The number of rotatable bonds is 25. The lowest BCUT2D eigenvalue weighted by molar-refractivity contribution is -0.137. The summed E-state index contributed by atoms with van der Waals surface area (Å²) in [5.41, 5.74) is 5.83. The van der Waals surface area contributed by atoms with E-state index in [4.69, 9.17) is 40.3 Å². The summed E-state index contributed by atoms with van der Waals surface area (Å²) < 4.78 is 79.0. The lowest BCUT2D eigenvalue weighted by Gasteiger charge is -2.28. The van der Waals surface area contributed by atoms with Crippen molar-refractivity contribution in [2.45, 2.75) is 183 Å². The number of urea groups is 3. The minimum atomic E-state index is -4.37. The van der Waals surface area contributed by atoms with Crippen LogP contribution in [0.25, 0.3) is 22.7 Å². The Morgan fingerprint density at radius 1 is 0.411 bits per heavy atom. The van der Waals surface area contributed by atoms with Gasteiger partial charge in [0.25, 0.3) is 0 Å². The summed E-state index contributed by atoms with van der Waals surface area (Å²) in [6.07, 6.45) is 17.7. The van der Waals surface area contributed by atoms with E-state index in [1.165, 1.54) is 36.2 Å². The largest absolute Gasteiger partial charge is 0.416 e.